The monoisotopic (exact) mass is 592 g/mol. The highest BCUT2D eigenvalue weighted by molar-refractivity contribution is 8.26. The molecule has 2 aliphatic heterocycles. The van der Waals surface area contributed by atoms with Gasteiger partial charge in [0.05, 0.1) is 41.5 Å². The number of aromatic nitrogens is 2. The number of rotatable bonds is 7. The van der Waals surface area contributed by atoms with Gasteiger partial charge in [-0.25, -0.2) is 13.1 Å². The van der Waals surface area contributed by atoms with E-state index < -0.39 is 10.0 Å². The maximum atomic E-state index is 13.4. The first-order chi connectivity index (χ1) is 19.4. The first-order valence-electron chi connectivity index (χ1n) is 12.5. The van der Waals surface area contributed by atoms with E-state index in [9.17, 15) is 13.2 Å². The minimum absolute atomic E-state index is 0.178. The van der Waals surface area contributed by atoms with Gasteiger partial charge in [-0.1, -0.05) is 54.3 Å². The van der Waals surface area contributed by atoms with Gasteiger partial charge in [0.1, 0.15) is 15.8 Å². The van der Waals surface area contributed by atoms with Crippen LogP contribution in [0.25, 0.3) is 23.0 Å². The molecule has 2 aliphatic rings. The van der Waals surface area contributed by atoms with Crippen LogP contribution in [0.5, 0.6) is 0 Å². The predicted molar refractivity (Wildman–Crippen MR) is 156 cm³/mol. The number of amides is 1. The summed E-state index contributed by atoms with van der Waals surface area (Å²) in [5.74, 6) is 0.405. The van der Waals surface area contributed by atoms with E-state index >= 15 is 0 Å². The van der Waals surface area contributed by atoms with E-state index in [4.69, 9.17) is 26.5 Å². The van der Waals surface area contributed by atoms with Gasteiger partial charge >= 0.3 is 0 Å². The highest BCUT2D eigenvalue weighted by atomic mass is 32.2. The molecule has 0 saturated carbocycles. The quantitative estimate of drug-likeness (QED) is 0.228. The van der Waals surface area contributed by atoms with Crippen LogP contribution >= 0.6 is 24.0 Å². The van der Waals surface area contributed by atoms with Crippen molar-refractivity contribution >= 4 is 50.3 Å². The van der Waals surface area contributed by atoms with Crippen molar-refractivity contribution in [1.29, 1.82) is 0 Å². The summed E-state index contributed by atoms with van der Waals surface area (Å²) >= 11 is 6.71. The number of sulfonamides is 1. The van der Waals surface area contributed by atoms with Gasteiger partial charge in [0, 0.05) is 30.4 Å². The van der Waals surface area contributed by atoms with Crippen molar-refractivity contribution in [2.75, 3.05) is 26.3 Å². The van der Waals surface area contributed by atoms with Crippen LogP contribution in [0.15, 0.2) is 93.4 Å². The lowest BCUT2D eigenvalue weighted by atomic mass is 10.1. The lowest BCUT2D eigenvalue weighted by molar-refractivity contribution is -0.122. The normalized spacial score (nSPS) is 17.7. The second kappa shape index (κ2) is 11.1. The van der Waals surface area contributed by atoms with E-state index in [1.165, 1.54) is 21.0 Å². The molecule has 6 rings (SSSR count). The smallest absolute Gasteiger partial charge is 0.266 e. The Morgan fingerprint density at radius 1 is 1.02 bits per heavy atom. The van der Waals surface area contributed by atoms with Gasteiger partial charge < -0.3 is 9.15 Å². The minimum atomic E-state index is -3.71. The van der Waals surface area contributed by atoms with Crippen LogP contribution in [0.2, 0.25) is 0 Å². The molecule has 0 bridgehead atoms. The third-order valence-electron chi connectivity index (χ3n) is 6.53. The third kappa shape index (κ3) is 5.28. The number of benzene rings is 2. The molecule has 0 aliphatic carbocycles. The second-order valence-corrected chi connectivity index (χ2v) is 12.7. The molecule has 0 radical (unpaired) electrons. The Bertz CT molecular complexity index is 1690. The molecule has 2 aromatic carbocycles. The lowest BCUT2D eigenvalue weighted by Gasteiger charge is -2.26. The summed E-state index contributed by atoms with van der Waals surface area (Å²) in [6.45, 7) is 1.58. The molecule has 4 aromatic rings. The molecule has 2 fully saturated rings. The standard InChI is InChI=1S/C28H24N4O5S3/c33-27-25(39-28(38)31(27)19-23-9-5-13-37-23)17-21-18-32(22-7-2-1-3-8-22)29-26(21)20-6-4-10-24(16-20)40(34,35)30-11-14-36-15-12-30/h1-10,13,16-18H,11-12,14-15,19H2/b25-17-. The van der Waals surface area contributed by atoms with E-state index in [1.54, 1.807) is 47.4 Å². The van der Waals surface area contributed by atoms with Crippen LogP contribution in [0, 0.1) is 0 Å². The number of hydrogen-bond acceptors (Lipinski definition) is 8. The molecular formula is C28H24N4O5S3. The average molecular weight is 593 g/mol. The van der Waals surface area contributed by atoms with Crippen LogP contribution in [-0.2, 0) is 26.1 Å². The SMILES string of the molecule is O=C1/C(=C/c2cn(-c3ccccc3)nc2-c2cccc(S(=O)(=O)N3CCOCC3)c2)SC(=S)N1Cc1ccco1. The van der Waals surface area contributed by atoms with Crippen LogP contribution in [0.4, 0.5) is 0 Å². The summed E-state index contributed by atoms with van der Waals surface area (Å²) in [6, 6.07) is 19.9. The first kappa shape index (κ1) is 26.7. The van der Waals surface area contributed by atoms with Crippen LogP contribution in [-0.4, -0.2) is 63.9 Å². The fraction of sp³-hybridized carbons (Fsp3) is 0.179. The van der Waals surface area contributed by atoms with Crippen molar-refractivity contribution in [3.8, 4) is 16.9 Å². The van der Waals surface area contributed by atoms with Crippen molar-refractivity contribution in [2.24, 2.45) is 0 Å². The maximum Gasteiger partial charge on any atom is 0.266 e. The van der Waals surface area contributed by atoms with Gasteiger partial charge in [-0.15, -0.1) is 0 Å². The average Bonchev–Trinajstić information content (AvgIpc) is 3.72. The van der Waals surface area contributed by atoms with Crippen LogP contribution < -0.4 is 0 Å². The number of furan rings is 1. The summed E-state index contributed by atoms with van der Waals surface area (Å²) in [5.41, 5.74) is 2.63. The fourth-order valence-electron chi connectivity index (χ4n) is 4.51. The zero-order valence-corrected chi connectivity index (χ0v) is 23.6. The van der Waals surface area contributed by atoms with Crippen molar-refractivity contribution in [3.63, 3.8) is 0 Å². The lowest BCUT2D eigenvalue weighted by Crippen LogP contribution is -2.40. The van der Waals surface area contributed by atoms with Gasteiger partial charge in [-0.05, 0) is 42.5 Å². The number of nitrogens with zero attached hydrogens (tertiary/aromatic N) is 4. The van der Waals surface area contributed by atoms with Crippen LogP contribution in [0.1, 0.15) is 11.3 Å². The molecule has 0 atom stereocenters. The number of hydrogen-bond donors (Lipinski definition) is 0. The Kier molecular flexibility index (Phi) is 7.43. The largest absolute Gasteiger partial charge is 0.467 e. The van der Waals surface area contributed by atoms with Crippen LogP contribution in [0.3, 0.4) is 0 Å². The molecule has 0 spiro atoms. The molecule has 0 N–H and O–H groups in total. The Labute approximate surface area is 241 Å². The summed E-state index contributed by atoms with van der Waals surface area (Å²) in [4.78, 5) is 15.4. The van der Waals surface area contributed by atoms with Gasteiger partial charge in [-0.2, -0.15) is 9.40 Å². The first-order valence-corrected chi connectivity index (χ1v) is 15.2. The molecule has 12 heteroatoms. The highest BCUT2D eigenvalue weighted by Crippen LogP contribution is 2.36. The van der Waals surface area contributed by atoms with E-state index in [2.05, 4.69) is 0 Å². The zero-order valence-electron chi connectivity index (χ0n) is 21.2. The van der Waals surface area contributed by atoms with Crippen molar-refractivity contribution in [1.82, 2.24) is 19.0 Å². The molecular weight excluding hydrogens is 569 g/mol. The molecule has 1 amide bonds. The van der Waals surface area contributed by atoms with Crippen molar-refractivity contribution in [3.05, 3.63) is 95.4 Å². The molecule has 0 unspecified atom stereocenters. The van der Waals surface area contributed by atoms with E-state index in [0.717, 1.165) is 5.69 Å². The summed E-state index contributed by atoms with van der Waals surface area (Å²) in [6.07, 6.45) is 5.14. The van der Waals surface area contributed by atoms with Gasteiger partial charge in [0.25, 0.3) is 5.91 Å². The number of para-hydroxylation sites is 1. The Balaban J connectivity index is 1.39. The Morgan fingerprint density at radius 3 is 2.58 bits per heavy atom. The number of ether oxygens (including phenoxy) is 1. The van der Waals surface area contributed by atoms with E-state index in [-0.39, 0.29) is 17.3 Å². The van der Waals surface area contributed by atoms with Crippen molar-refractivity contribution in [2.45, 2.75) is 11.4 Å². The Morgan fingerprint density at radius 2 is 1.82 bits per heavy atom. The minimum Gasteiger partial charge on any atom is -0.467 e. The third-order valence-corrected chi connectivity index (χ3v) is 9.81. The number of thiocarbonyl (C=S) groups is 1. The number of carbonyl (C=O) groups is 1. The summed E-state index contributed by atoms with van der Waals surface area (Å²) in [7, 11) is -3.71. The zero-order chi connectivity index (χ0) is 27.7. The van der Waals surface area contributed by atoms with Crippen molar-refractivity contribution < 1.29 is 22.4 Å². The van der Waals surface area contributed by atoms with Gasteiger partial charge in [0.2, 0.25) is 10.0 Å². The molecule has 2 saturated heterocycles. The summed E-state index contributed by atoms with van der Waals surface area (Å²) in [5, 5.41) is 4.81. The maximum absolute atomic E-state index is 13.4. The highest BCUT2D eigenvalue weighted by Gasteiger charge is 2.33. The number of carbonyl (C=O) groups excluding carboxylic acids is 1. The second-order valence-electron chi connectivity index (χ2n) is 9.10. The molecule has 2 aromatic heterocycles. The van der Waals surface area contributed by atoms with E-state index in [1.807, 2.05) is 42.6 Å². The number of morpholine rings is 1. The predicted octanol–water partition coefficient (Wildman–Crippen LogP) is 4.55. The van der Waals surface area contributed by atoms with E-state index in [0.29, 0.717) is 58.1 Å². The van der Waals surface area contributed by atoms with Gasteiger partial charge in [0.15, 0.2) is 0 Å². The Hall–Kier alpha value is -3.55. The molecule has 4 heterocycles. The fourth-order valence-corrected chi connectivity index (χ4v) is 7.21. The topological polar surface area (TPSA) is 97.9 Å². The number of thioether (sulfide) groups is 1. The molecule has 40 heavy (non-hydrogen) atoms. The molecule has 9 nitrogen and oxygen atoms in total. The summed E-state index contributed by atoms with van der Waals surface area (Å²) < 4.78 is 41.0. The molecule has 204 valence electrons. The van der Waals surface area contributed by atoms with Gasteiger partial charge in [-0.3, -0.25) is 9.69 Å².